The molecule has 6 nitrogen and oxygen atoms in total. The molecule has 0 bridgehead atoms. The number of carbonyl (C=O) groups is 1. The van der Waals surface area contributed by atoms with Gasteiger partial charge in [0.05, 0.1) is 5.71 Å². The molecular weight excluding hydrogens is 282 g/mol. The van der Waals surface area contributed by atoms with Crippen molar-refractivity contribution in [2.45, 2.75) is 32.8 Å². The molecule has 0 spiro atoms. The monoisotopic (exact) mass is 301 g/mol. The summed E-state index contributed by atoms with van der Waals surface area (Å²) in [7, 11) is 0. The van der Waals surface area contributed by atoms with E-state index in [1.54, 1.807) is 6.07 Å². The van der Waals surface area contributed by atoms with Crippen LogP contribution in [0.1, 0.15) is 31.4 Å². The van der Waals surface area contributed by atoms with E-state index >= 15 is 0 Å². The summed E-state index contributed by atoms with van der Waals surface area (Å²) in [6.07, 6.45) is 5.76. The van der Waals surface area contributed by atoms with Crippen molar-refractivity contribution >= 4 is 11.7 Å². The van der Waals surface area contributed by atoms with Crippen molar-refractivity contribution in [3.05, 3.63) is 23.3 Å². The first-order chi connectivity index (χ1) is 10.3. The number of hydrazone groups is 1. The third-order valence-corrected chi connectivity index (χ3v) is 3.16. The van der Waals surface area contributed by atoms with E-state index < -0.39 is 11.6 Å². The Morgan fingerprint density at radius 1 is 1.59 bits per heavy atom. The van der Waals surface area contributed by atoms with Gasteiger partial charge in [0.2, 0.25) is 0 Å². The van der Waals surface area contributed by atoms with Crippen LogP contribution in [-0.4, -0.2) is 24.0 Å². The van der Waals surface area contributed by atoms with Crippen LogP contribution in [0.25, 0.3) is 0 Å². The number of aryl methyl sites for hydroxylation is 1. The lowest BCUT2D eigenvalue weighted by molar-refractivity contribution is 0.110. The van der Waals surface area contributed by atoms with Crippen LogP contribution in [0.4, 0.5) is 4.79 Å². The fourth-order valence-corrected chi connectivity index (χ4v) is 2.42. The van der Waals surface area contributed by atoms with E-state index in [0.717, 1.165) is 11.1 Å². The number of terminal acetylenes is 1. The summed E-state index contributed by atoms with van der Waals surface area (Å²) >= 11 is 0. The number of ether oxygens (including phenoxy) is 2. The first kappa shape index (κ1) is 15.7. The van der Waals surface area contributed by atoms with E-state index in [9.17, 15) is 4.79 Å². The van der Waals surface area contributed by atoms with Crippen LogP contribution >= 0.6 is 0 Å². The highest BCUT2D eigenvalue weighted by Gasteiger charge is 2.33. The molecular formula is C16H19N3O3. The maximum absolute atomic E-state index is 10.9. The Morgan fingerprint density at radius 3 is 2.95 bits per heavy atom. The summed E-state index contributed by atoms with van der Waals surface area (Å²) in [5.41, 5.74) is 9.38. The molecule has 0 aromatic heterocycles. The van der Waals surface area contributed by atoms with Gasteiger partial charge in [-0.15, -0.1) is 6.42 Å². The van der Waals surface area contributed by atoms with Crippen molar-refractivity contribution in [1.82, 2.24) is 5.43 Å². The number of rotatable bonds is 3. The zero-order valence-electron chi connectivity index (χ0n) is 12.9. The molecule has 1 aliphatic heterocycles. The Balaban J connectivity index is 2.47. The van der Waals surface area contributed by atoms with Crippen molar-refractivity contribution in [3.8, 4) is 23.8 Å². The summed E-state index contributed by atoms with van der Waals surface area (Å²) < 4.78 is 11.5. The summed E-state index contributed by atoms with van der Waals surface area (Å²) in [5.74, 6) is 3.71. The Hall–Kier alpha value is -2.68. The number of nitrogens with one attached hydrogen (secondary N) is 1. The highest BCUT2D eigenvalue weighted by atomic mass is 16.5. The lowest BCUT2D eigenvalue weighted by Gasteiger charge is -2.34. The van der Waals surface area contributed by atoms with Crippen LogP contribution in [0.15, 0.2) is 17.2 Å². The normalized spacial score (nSPS) is 17.1. The van der Waals surface area contributed by atoms with Crippen LogP contribution in [0.3, 0.4) is 0 Å². The van der Waals surface area contributed by atoms with Gasteiger partial charge < -0.3 is 15.2 Å². The fourth-order valence-electron chi connectivity index (χ4n) is 2.42. The second-order valence-corrected chi connectivity index (χ2v) is 5.68. The minimum atomic E-state index is -0.704. The van der Waals surface area contributed by atoms with Crippen LogP contribution < -0.4 is 20.6 Å². The minimum absolute atomic E-state index is 0.186. The molecule has 2 rings (SSSR count). The third-order valence-electron chi connectivity index (χ3n) is 3.16. The van der Waals surface area contributed by atoms with Crippen molar-refractivity contribution in [2.24, 2.45) is 10.8 Å². The summed E-state index contributed by atoms with van der Waals surface area (Å²) in [6, 6.07) is 2.93. The van der Waals surface area contributed by atoms with Crippen LogP contribution in [0.2, 0.25) is 0 Å². The Bertz CT molecular complexity index is 672. The average Bonchev–Trinajstić information content (AvgIpc) is 2.40. The van der Waals surface area contributed by atoms with E-state index in [1.807, 2.05) is 26.8 Å². The lowest BCUT2D eigenvalue weighted by Crippen LogP contribution is -2.38. The molecule has 0 atom stereocenters. The largest absolute Gasteiger partial charge is 0.487 e. The number of urea groups is 1. The molecule has 0 aliphatic carbocycles. The van der Waals surface area contributed by atoms with E-state index in [4.69, 9.17) is 21.6 Å². The van der Waals surface area contributed by atoms with Gasteiger partial charge in [-0.3, -0.25) is 0 Å². The number of hydrogen-bond acceptors (Lipinski definition) is 4. The molecule has 0 unspecified atom stereocenters. The van der Waals surface area contributed by atoms with Crippen LogP contribution in [-0.2, 0) is 0 Å². The number of primary amides is 1. The van der Waals surface area contributed by atoms with Gasteiger partial charge in [-0.05, 0) is 32.4 Å². The molecule has 1 aliphatic rings. The van der Waals surface area contributed by atoms with Gasteiger partial charge in [-0.1, -0.05) is 5.92 Å². The van der Waals surface area contributed by atoms with Crippen molar-refractivity contribution in [3.63, 3.8) is 0 Å². The highest BCUT2D eigenvalue weighted by Crippen LogP contribution is 2.38. The number of benzene rings is 1. The first-order valence-electron chi connectivity index (χ1n) is 6.85. The third kappa shape index (κ3) is 3.50. The molecule has 3 N–H and O–H groups in total. The Kier molecular flexibility index (Phi) is 4.27. The van der Waals surface area contributed by atoms with Gasteiger partial charge in [0, 0.05) is 18.1 Å². The maximum Gasteiger partial charge on any atom is 0.332 e. The highest BCUT2D eigenvalue weighted by molar-refractivity contribution is 6.06. The van der Waals surface area contributed by atoms with Crippen molar-refractivity contribution in [2.75, 3.05) is 6.61 Å². The van der Waals surface area contributed by atoms with Gasteiger partial charge in [-0.2, -0.15) is 5.10 Å². The predicted octanol–water partition coefficient (Wildman–Crippen LogP) is 1.94. The number of amides is 2. The molecule has 6 heteroatoms. The quantitative estimate of drug-likeness (QED) is 0.661. The van der Waals surface area contributed by atoms with Crippen LogP contribution in [0.5, 0.6) is 11.5 Å². The summed E-state index contributed by atoms with van der Waals surface area (Å²) in [4.78, 5) is 10.9. The number of fused-ring (bicyclic) bond motifs is 1. The van der Waals surface area contributed by atoms with E-state index in [0.29, 0.717) is 23.6 Å². The summed E-state index contributed by atoms with van der Waals surface area (Å²) in [5, 5.41) is 4.11. The van der Waals surface area contributed by atoms with Crippen LogP contribution in [0, 0.1) is 19.3 Å². The smallest absolute Gasteiger partial charge is 0.332 e. The molecule has 116 valence electrons. The molecule has 22 heavy (non-hydrogen) atoms. The van der Waals surface area contributed by atoms with E-state index in [-0.39, 0.29) is 6.61 Å². The van der Waals surface area contributed by atoms with Gasteiger partial charge in [0.15, 0.2) is 0 Å². The average molecular weight is 301 g/mol. The van der Waals surface area contributed by atoms with Gasteiger partial charge in [0.1, 0.15) is 23.7 Å². The lowest BCUT2D eigenvalue weighted by atomic mass is 9.90. The van der Waals surface area contributed by atoms with E-state index in [1.165, 1.54) is 0 Å². The number of nitrogens with two attached hydrogens (primary N) is 1. The number of nitrogens with zero attached hydrogens (tertiary/aromatic N) is 1. The number of hydrogen-bond donors (Lipinski definition) is 2. The predicted molar refractivity (Wildman–Crippen MR) is 84.1 cm³/mol. The standard InChI is InChI=1S/C16H19N3O3/c1-5-6-21-11-7-10(2)14-12(18-19-15(17)20)9-16(3,4)22-13(14)8-11/h1,7-8H,6,9H2,2-4H3,(H3,17,19,20). The van der Waals surface area contributed by atoms with Gasteiger partial charge in [0.25, 0.3) is 0 Å². The summed E-state index contributed by atoms with van der Waals surface area (Å²) in [6.45, 7) is 5.99. The Morgan fingerprint density at radius 2 is 2.32 bits per heavy atom. The topological polar surface area (TPSA) is 85.9 Å². The molecule has 0 fully saturated rings. The van der Waals surface area contributed by atoms with Gasteiger partial charge >= 0.3 is 6.03 Å². The maximum atomic E-state index is 10.9. The SMILES string of the molecule is C#CCOc1cc(C)c2c(c1)OC(C)(C)CC2=NNC(N)=O. The van der Waals surface area contributed by atoms with Crippen molar-refractivity contribution < 1.29 is 14.3 Å². The first-order valence-corrected chi connectivity index (χ1v) is 6.85. The zero-order valence-corrected chi connectivity index (χ0v) is 12.9. The fraction of sp³-hybridized carbons (Fsp3) is 0.375. The van der Waals surface area contributed by atoms with Gasteiger partial charge in [-0.25, -0.2) is 10.2 Å². The Labute approximate surface area is 129 Å². The molecule has 0 saturated carbocycles. The molecule has 1 heterocycles. The molecule has 0 radical (unpaired) electrons. The molecule has 0 saturated heterocycles. The molecule has 1 aromatic rings. The minimum Gasteiger partial charge on any atom is -0.487 e. The zero-order chi connectivity index (χ0) is 16.3. The van der Waals surface area contributed by atoms with E-state index in [2.05, 4.69) is 16.4 Å². The second-order valence-electron chi connectivity index (χ2n) is 5.68. The molecule has 2 amide bonds. The van der Waals surface area contributed by atoms with Crippen molar-refractivity contribution in [1.29, 1.82) is 0 Å². The second kappa shape index (κ2) is 5.98. The number of carbonyl (C=O) groups excluding carboxylic acids is 1. The molecule has 1 aromatic carbocycles.